The van der Waals surface area contributed by atoms with Crippen LogP contribution in [0, 0.1) is 5.41 Å². The summed E-state index contributed by atoms with van der Waals surface area (Å²) in [4.78, 5) is 4.41. The Balaban J connectivity index is 1.43. The molecule has 1 heterocycles. The highest BCUT2D eigenvalue weighted by Gasteiger charge is 2.11. The molecule has 4 aromatic rings. The Hall–Kier alpha value is -4.24. The SMILES string of the molecule is N=C(/C=C(\N)c1cccc(-c2cncc3ccccc23)c1)C1=CCCC(c2ccccc2)=C1. The number of pyridine rings is 1. The van der Waals surface area contributed by atoms with Gasteiger partial charge in [0.25, 0.3) is 0 Å². The number of hydrogen-bond acceptors (Lipinski definition) is 3. The first-order valence-electron chi connectivity index (χ1n) is 11.1. The molecule has 33 heavy (non-hydrogen) atoms. The molecule has 0 unspecified atom stereocenters. The second kappa shape index (κ2) is 9.09. The van der Waals surface area contributed by atoms with Gasteiger partial charge in [-0.05, 0) is 64.3 Å². The Kier molecular flexibility index (Phi) is 5.69. The molecule has 0 fully saturated rings. The van der Waals surface area contributed by atoms with Gasteiger partial charge in [-0.1, -0.05) is 78.9 Å². The normalized spacial score (nSPS) is 14.0. The zero-order chi connectivity index (χ0) is 22.6. The quantitative estimate of drug-likeness (QED) is 0.336. The third kappa shape index (κ3) is 4.39. The molecule has 3 aromatic carbocycles. The van der Waals surface area contributed by atoms with Crippen molar-refractivity contribution in [3.8, 4) is 11.1 Å². The molecule has 0 aliphatic heterocycles. The van der Waals surface area contributed by atoms with E-state index in [0.29, 0.717) is 11.4 Å². The average Bonchev–Trinajstić information content (AvgIpc) is 2.89. The second-order valence-electron chi connectivity index (χ2n) is 8.24. The Morgan fingerprint density at radius 3 is 2.55 bits per heavy atom. The number of hydrogen-bond donors (Lipinski definition) is 2. The number of nitrogens with two attached hydrogens (primary N) is 1. The third-order valence-corrected chi connectivity index (χ3v) is 6.04. The standard InChI is InChI=1S/C30H25N3/c31-29(24-13-6-11-22(16-24)21-8-2-1-3-9-21)18-30(32)25-14-7-12-23(17-25)28-20-33-19-26-10-4-5-15-27(26)28/h1-5,7-10,12-20,31H,6,11,32H2/b30-18-,31-29?. The fourth-order valence-electron chi connectivity index (χ4n) is 4.30. The molecular weight excluding hydrogens is 402 g/mol. The Labute approximate surface area is 194 Å². The first-order valence-corrected chi connectivity index (χ1v) is 11.1. The molecule has 3 nitrogen and oxygen atoms in total. The molecule has 0 saturated carbocycles. The Morgan fingerprint density at radius 2 is 1.67 bits per heavy atom. The van der Waals surface area contributed by atoms with E-state index < -0.39 is 0 Å². The van der Waals surface area contributed by atoms with Gasteiger partial charge in [-0.2, -0.15) is 0 Å². The fraction of sp³-hybridized carbons (Fsp3) is 0.0667. The molecule has 5 rings (SSSR count). The van der Waals surface area contributed by atoms with Crippen molar-refractivity contribution in [2.45, 2.75) is 12.8 Å². The number of nitrogens with zero attached hydrogens (tertiary/aromatic N) is 1. The molecule has 1 aromatic heterocycles. The van der Waals surface area contributed by atoms with Gasteiger partial charge in [0.15, 0.2) is 0 Å². The predicted octanol–water partition coefficient (Wildman–Crippen LogP) is 7.02. The number of rotatable bonds is 5. The van der Waals surface area contributed by atoms with Crippen LogP contribution in [0.4, 0.5) is 0 Å². The van der Waals surface area contributed by atoms with Crippen LogP contribution in [0.2, 0.25) is 0 Å². The molecule has 1 aliphatic carbocycles. The summed E-state index contributed by atoms with van der Waals surface area (Å²) in [6, 6.07) is 26.8. The van der Waals surface area contributed by atoms with E-state index >= 15 is 0 Å². The minimum Gasteiger partial charge on any atom is -0.398 e. The van der Waals surface area contributed by atoms with Crippen LogP contribution in [-0.2, 0) is 0 Å². The number of nitrogens with one attached hydrogen (secondary N) is 1. The minimum atomic E-state index is 0.429. The lowest BCUT2D eigenvalue weighted by molar-refractivity contribution is 1.05. The Bertz CT molecular complexity index is 1420. The lowest BCUT2D eigenvalue weighted by Gasteiger charge is -2.14. The zero-order valence-electron chi connectivity index (χ0n) is 18.3. The van der Waals surface area contributed by atoms with Gasteiger partial charge >= 0.3 is 0 Å². The summed E-state index contributed by atoms with van der Waals surface area (Å²) in [5, 5.41) is 10.9. The zero-order valence-corrected chi connectivity index (χ0v) is 18.3. The van der Waals surface area contributed by atoms with Gasteiger partial charge in [-0.15, -0.1) is 0 Å². The maximum absolute atomic E-state index is 8.66. The van der Waals surface area contributed by atoms with Crippen molar-refractivity contribution in [3.05, 3.63) is 126 Å². The smallest absolute Gasteiger partial charge is 0.0629 e. The summed E-state index contributed by atoms with van der Waals surface area (Å²) in [6.45, 7) is 0. The topological polar surface area (TPSA) is 62.8 Å². The van der Waals surface area contributed by atoms with E-state index in [1.54, 1.807) is 6.08 Å². The molecular formula is C30H25N3. The Morgan fingerprint density at radius 1 is 0.879 bits per heavy atom. The summed E-state index contributed by atoms with van der Waals surface area (Å²) in [6.07, 6.45) is 11.7. The van der Waals surface area contributed by atoms with E-state index in [-0.39, 0.29) is 0 Å². The monoisotopic (exact) mass is 427 g/mol. The third-order valence-electron chi connectivity index (χ3n) is 6.04. The van der Waals surface area contributed by atoms with Crippen molar-refractivity contribution in [3.63, 3.8) is 0 Å². The predicted molar refractivity (Wildman–Crippen MR) is 139 cm³/mol. The lowest BCUT2D eigenvalue weighted by Crippen LogP contribution is -2.05. The molecule has 0 bridgehead atoms. The van der Waals surface area contributed by atoms with Crippen molar-refractivity contribution in [2.75, 3.05) is 0 Å². The highest BCUT2D eigenvalue weighted by Crippen LogP contribution is 2.30. The molecule has 160 valence electrons. The summed E-state index contributed by atoms with van der Waals surface area (Å²) < 4.78 is 0. The van der Waals surface area contributed by atoms with Gasteiger partial charge < -0.3 is 11.1 Å². The van der Waals surface area contributed by atoms with Crippen LogP contribution in [0.5, 0.6) is 0 Å². The molecule has 0 atom stereocenters. The molecule has 0 saturated heterocycles. The van der Waals surface area contributed by atoms with Crippen LogP contribution in [0.25, 0.3) is 33.2 Å². The molecule has 0 spiro atoms. The van der Waals surface area contributed by atoms with Gasteiger partial charge in [-0.3, -0.25) is 4.98 Å². The van der Waals surface area contributed by atoms with Crippen LogP contribution in [0.15, 0.2) is 115 Å². The molecule has 0 amide bonds. The lowest BCUT2D eigenvalue weighted by atomic mass is 9.91. The second-order valence-corrected chi connectivity index (χ2v) is 8.24. The van der Waals surface area contributed by atoms with E-state index in [0.717, 1.165) is 45.9 Å². The number of allylic oxidation sites excluding steroid dienone is 5. The van der Waals surface area contributed by atoms with E-state index in [1.807, 2.05) is 42.7 Å². The van der Waals surface area contributed by atoms with E-state index in [2.05, 4.69) is 65.7 Å². The van der Waals surface area contributed by atoms with E-state index in [4.69, 9.17) is 11.1 Å². The highest BCUT2D eigenvalue weighted by molar-refractivity contribution is 6.12. The van der Waals surface area contributed by atoms with E-state index in [1.165, 1.54) is 11.1 Å². The van der Waals surface area contributed by atoms with Crippen LogP contribution in [-0.4, -0.2) is 10.7 Å². The van der Waals surface area contributed by atoms with Gasteiger partial charge in [0.05, 0.1) is 5.71 Å². The molecule has 1 aliphatic rings. The summed E-state index contributed by atoms with van der Waals surface area (Å²) in [7, 11) is 0. The fourth-order valence-corrected chi connectivity index (χ4v) is 4.30. The average molecular weight is 428 g/mol. The first-order chi connectivity index (χ1) is 16.2. The van der Waals surface area contributed by atoms with Crippen molar-refractivity contribution < 1.29 is 0 Å². The van der Waals surface area contributed by atoms with Crippen molar-refractivity contribution >= 4 is 27.8 Å². The van der Waals surface area contributed by atoms with Gasteiger partial charge in [0.2, 0.25) is 0 Å². The van der Waals surface area contributed by atoms with Gasteiger partial charge in [-0.25, -0.2) is 0 Å². The molecule has 3 N–H and O–H groups in total. The number of benzene rings is 3. The number of aromatic nitrogens is 1. The maximum Gasteiger partial charge on any atom is 0.0629 e. The van der Waals surface area contributed by atoms with Crippen molar-refractivity contribution in [1.82, 2.24) is 4.98 Å². The molecule has 0 radical (unpaired) electrons. The van der Waals surface area contributed by atoms with Gasteiger partial charge in [0, 0.05) is 29.0 Å². The minimum absolute atomic E-state index is 0.429. The summed E-state index contributed by atoms with van der Waals surface area (Å²) in [5.74, 6) is 0. The van der Waals surface area contributed by atoms with Crippen molar-refractivity contribution in [2.24, 2.45) is 5.73 Å². The number of fused-ring (bicyclic) bond motifs is 1. The van der Waals surface area contributed by atoms with Crippen LogP contribution in [0.1, 0.15) is 24.0 Å². The van der Waals surface area contributed by atoms with Crippen LogP contribution < -0.4 is 5.73 Å². The van der Waals surface area contributed by atoms with Crippen molar-refractivity contribution in [1.29, 1.82) is 5.41 Å². The van der Waals surface area contributed by atoms with Crippen LogP contribution >= 0.6 is 0 Å². The highest BCUT2D eigenvalue weighted by atomic mass is 14.6. The summed E-state index contributed by atoms with van der Waals surface area (Å²) >= 11 is 0. The maximum atomic E-state index is 8.66. The van der Waals surface area contributed by atoms with Gasteiger partial charge in [0.1, 0.15) is 0 Å². The first kappa shape index (κ1) is 20.7. The molecule has 3 heteroatoms. The van der Waals surface area contributed by atoms with E-state index in [9.17, 15) is 0 Å². The summed E-state index contributed by atoms with van der Waals surface area (Å²) in [5.41, 5.74) is 13.9. The largest absolute Gasteiger partial charge is 0.398 e. The van der Waals surface area contributed by atoms with Crippen LogP contribution in [0.3, 0.4) is 0 Å².